The van der Waals surface area contributed by atoms with Crippen molar-refractivity contribution in [3.63, 3.8) is 0 Å². The Balaban J connectivity index is 2.27. The third-order valence-electron chi connectivity index (χ3n) is 3.27. The fraction of sp³-hybridized carbons (Fsp3) is 0.385. The molecular formula is C13H17N5O2S. The van der Waals surface area contributed by atoms with E-state index in [4.69, 9.17) is 12.2 Å². The van der Waals surface area contributed by atoms with Gasteiger partial charge in [-0.05, 0) is 31.1 Å². The molecule has 1 aliphatic heterocycles. The lowest BCUT2D eigenvalue weighted by molar-refractivity contribution is -0.384. The number of non-ortho nitro benzene ring substituents is 1. The Morgan fingerprint density at radius 3 is 2.81 bits per heavy atom. The van der Waals surface area contributed by atoms with Crippen LogP contribution in [-0.2, 0) is 0 Å². The quantitative estimate of drug-likeness (QED) is 0.381. The van der Waals surface area contributed by atoms with Crippen LogP contribution < -0.4 is 15.6 Å². The van der Waals surface area contributed by atoms with E-state index in [9.17, 15) is 10.1 Å². The van der Waals surface area contributed by atoms with Crippen molar-refractivity contribution in [3.05, 3.63) is 33.9 Å². The number of nitrogens with zero attached hydrogens (tertiary/aromatic N) is 3. The molecule has 0 amide bonds. The summed E-state index contributed by atoms with van der Waals surface area (Å²) in [6, 6.07) is 4.83. The zero-order valence-electron chi connectivity index (χ0n) is 11.7. The molecule has 112 valence electrons. The molecule has 0 saturated carbocycles. The molecule has 2 N–H and O–H groups in total. The number of hydrogen-bond donors (Lipinski definition) is 2. The smallest absolute Gasteiger partial charge is 0.270 e. The second-order valence-electron chi connectivity index (χ2n) is 4.64. The summed E-state index contributed by atoms with van der Waals surface area (Å²) in [5.41, 5.74) is 4.36. The molecular weight excluding hydrogens is 290 g/mol. The zero-order chi connectivity index (χ0) is 15.2. The van der Waals surface area contributed by atoms with Crippen molar-refractivity contribution in [2.75, 3.05) is 25.0 Å². The number of thiocarbonyl (C=S) groups is 1. The maximum Gasteiger partial charge on any atom is 0.270 e. The van der Waals surface area contributed by atoms with Crippen molar-refractivity contribution >= 4 is 34.9 Å². The van der Waals surface area contributed by atoms with Crippen molar-refractivity contribution in [1.82, 2.24) is 10.7 Å². The predicted molar refractivity (Wildman–Crippen MR) is 86.9 cm³/mol. The van der Waals surface area contributed by atoms with Crippen LogP contribution in [0.5, 0.6) is 0 Å². The summed E-state index contributed by atoms with van der Waals surface area (Å²) in [6.07, 6.45) is 3.83. The van der Waals surface area contributed by atoms with E-state index in [1.165, 1.54) is 12.1 Å². The topological polar surface area (TPSA) is 82.8 Å². The minimum Gasteiger partial charge on any atom is -0.371 e. The van der Waals surface area contributed by atoms with Crippen LogP contribution in [0.2, 0.25) is 0 Å². The molecule has 1 aromatic carbocycles. The molecule has 0 aliphatic carbocycles. The maximum atomic E-state index is 10.9. The summed E-state index contributed by atoms with van der Waals surface area (Å²) in [4.78, 5) is 12.7. The average Bonchev–Trinajstić information content (AvgIpc) is 3.00. The number of nitrogens with one attached hydrogen (secondary N) is 2. The summed E-state index contributed by atoms with van der Waals surface area (Å²) in [5.74, 6) is 0. The Bertz CT molecular complexity index is 570. The van der Waals surface area contributed by atoms with E-state index in [-0.39, 0.29) is 5.69 Å². The lowest BCUT2D eigenvalue weighted by Gasteiger charge is -2.19. The van der Waals surface area contributed by atoms with E-state index in [2.05, 4.69) is 20.7 Å². The zero-order valence-corrected chi connectivity index (χ0v) is 12.5. The van der Waals surface area contributed by atoms with E-state index in [0.717, 1.165) is 31.6 Å². The van der Waals surface area contributed by atoms with Gasteiger partial charge in [-0.1, -0.05) is 0 Å². The molecule has 0 spiro atoms. The van der Waals surface area contributed by atoms with Crippen LogP contribution >= 0.6 is 12.2 Å². The van der Waals surface area contributed by atoms with E-state index >= 15 is 0 Å². The third-order valence-corrected chi connectivity index (χ3v) is 3.56. The first kappa shape index (κ1) is 15.2. The summed E-state index contributed by atoms with van der Waals surface area (Å²) >= 11 is 4.92. The number of nitro benzene ring substituents is 1. The van der Waals surface area contributed by atoms with Crippen LogP contribution in [0.1, 0.15) is 18.4 Å². The molecule has 0 aromatic heterocycles. The standard InChI is InChI=1S/C13H17N5O2S/c1-14-13(21)16-15-9-10-8-11(18(19)20)4-5-12(10)17-6-2-3-7-17/h4-5,8-9H,2-3,6-7H2,1H3,(H2,14,16,21)/b15-9+. The van der Waals surface area contributed by atoms with Crippen LogP contribution in [0.15, 0.2) is 23.3 Å². The van der Waals surface area contributed by atoms with Crippen LogP contribution in [0.25, 0.3) is 0 Å². The van der Waals surface area contributed by atoms with Crippen molar-refractivity contribution < 1.29 is 4.92 Å². The summed E-state index contributed by atoms with van der Waals surface area (Å²) in [6.45, 7) is 1.92. The highest BCUT2D eigenvalue weighted by Gasteiger charge is 2.17. The minimum absolute atomic E-state index is 0.0515. The first-order valence-electron chi connectivity index (χ1n) is 6.66. The molecule has 0 radical (unpaired) electrons. The second kappa shape index (κ2) is 6.98. The van der Waals surface area contributed by atoms with Crippen molar-refractivity contribution in [3.8, 4) is 0 Å². The monoisotopic (exact) mass is 307 g/mol. The minimum atomic E-state index is -0.406. The highest BCUT2D eigenvalue weighted by Crippen LogP contribution is 2.27. The molecule has 1 saturated heterocycles. The maximum absolute atomic E-state index is 10.9. The van der Waals surface area contributed by atoms with E-state index < -0.39 is 4.92 Å². The molecule has 0 atom stereocenters. The van der Waals surface area contributed by atoms with Crippen LogP contribution in [-0.4, -0.2) is 36.4 Å². The number of rotatable bonds is 4. The fourth-order valence-electron chi connectivity index (χ4n) is 2.22. The normalized spacial score (nSPS) is 14.4. The Morgan fingerprint density at radius 2 is 2.19 bits per heavy atom. The molecule has 1 aliphatic rings. The Labute approximate surface area is 128 Å². The summed E-state index contributed by atoms with van der Waals surface area (Å²) in [5, 5.41) is 18.1. The number of nitro groups is 1. The van der Waals surface area contributed by atoms with Gasteiger partial charge in [-0.25, -0.2) is 0 Å². The van der Waals surface area contributed by atoms with Gasteiger partial charge in [0.1, 0.15) is 0 Å². The molecule has 0 bridgehead atoms. The van der Waals surface area contributed by atoms with Gasteiger partial charge in [-0.15, -0.1) is 0 Å². The van der Waals surface area contributed by atoms with Crippen molar-refractivity contribution in [1.29, 1.82) is 0 Å². The van der Waals surface area contributed by atoms with Crippen LogP contribution in [0, 0.1) is 10.1 Å². The third kappa shape index (κ3) is 3.88. The van der Waals surface area contributed by atoms with Gasteiger partial charge in [-0.2, -0.15) is 5.10 Å². The Hall–Kier alpha value is -2.22. The van der Waals surface area contributed by atoms with Gasteiger partial charge in [-0.3, -0.25) is 15.5 Å². The highest BCUT2D eigenvalue weighted by molar-refractivity contribution is 7.80. The summed E-state index contributed by atoms with van der Waals surface area (Å²) < 4.78 is 0. The lowest BCUT2D eigenvalue weighted by Crippen LogP contribution is -2.28. The Morgan fingerprint density at radius 1 is 1.48 bits per heavy atom. The number of anilines is 1. The van der Waals surface area contributed by atoms with E-state index in [1.807, 2.05) is 0 Å². The largest absolute Gasteiger partial charge is 0.371 e. The number of hydrazone groups is 1. The molecule has 1 heterocycles. The van der Waals surface area contributed by atoms with Gasteiger partial charge in [0.15, 0.2) is 5.11 Å². The van der Waals surface area contributed by atoms with Gasteiger partial charge in [0.2, 0.25) is 0 Å². The second-order valence-corrected chi connectivity index (χ2v) is 5.05. The molecule has 7 nitrogen and oxygen atoms in total. The summed E-state index contributed by atoms with van der Waals surface area (Å²) in [7, 11) is 1.69. The molecule has 0 unspecified atom stereocenters. The molecule has 21 heavy (non-hydrogen) atoms. The van der Waals surface area contributed by atoms with Gasteiger partial charge in [0.05, 0.1) is 11.1 Å². The predicted octanol–water partition coefficient (Wildman–Crippen LogP) is 1.62. The first-order valence-corrected chi connectivity index (χ1v) is 7.07. The molecule has 1 aromatic rings. The van der Waals surface area contributed by atoms with Crippen molar-refractivity contribution in [2.24, 2.45) is 5.10 Å². The van der Waals surface area contributed by atoms with Gasteiger partial charge in [0, 0.05) is 43.5 Å². The van der Waals surface area contributed by atoms with Gasteiger partial charge < -0.3 is 10.2 Å². The van der Waals surface area contributed by atoms with Crippen LogP contribution in [0.4, 0.5) is 11.4 Å². The first-order chi connectivity index (χ1) is 10.1. The Kier molecular flexibility index (Phi) is 5.04. The number of hydrogen-bond acceptors (Lipinski definition) is 5. The van der Waals surface area contributed by atoms with Crippen LogP contribution in [0.3, 0.4) is 0 Å². The highest BCUT2D eigenvalue weighted by atomic mass is 32.1. The fourth-order valence-corrected chi connectivity index (χ4v) is 2.27. The molecule has 2 rings (SSSR count). The molecule has 8 heteroatoms. The number of benzene rings is 1. The molecule has 1 fully saturated rings. The van der Waals surface area contributed by atoms with Gasteiger partial charge >= 0.3 is 0 Å². The van der Waals surface area contributed by atoms with Gasteiger partial charge in [0.25, 0.3) is 5.69 Å². The van der Waals surface area contributed by atoms with E-state index in [1.54, 1.807) is 19.3 Å². The van der Waals surface area contributed by atoms with Crippen molar-refractivity contribution in [2.45, 2.75) is 12.8 Å². The SMILES string of the molecule is CNC(=S)N/N=C/c1cc([N+](=O)[O-])ccc1N1CCCC1. The lowest BCUT2D eigenvalue weighted by atomic mass is 10.1. The average molecular weight is 307 g/mol. The van der Waals surface area contributed by atoms with E-state index in [0.29, 0.717) is 10.7 Å².